The number of fused-ring (bicyclic) bond motifs is 1. The number of hydrogen-bond donors (Lipinski definition) is 1. The third-order valence-corrected chi connectivity index (χ3v) is 5.21. The summed E-state index contributed by atoms with van der Waals surface area (Å²) in [6.07, 6.45) is 1.61. The number of carbonyl (C=O) groups is 3. The number of Topliss-reactive ketones (excluding diaryl/α,β-unsaturated/α-hetero) is 1. The minimum atomic E-state index is -0.792. The van der Waals surface area contributed by atoms with Crippen LogP contribution in [-0.2, 0) is 9.59 Å². The first-order valence-electron chi connectivity index (χ1n) is 11.7. The molecule has 35 heavy (non-hydrogen) atoms. The Morgan fingerprint density at radius 1 is 0.857 bits per heavy atom. The standard InChI is InChI=1S/C27H28O8/c1-4-10-17(28)22-18(29)15-19-23(26(22)34-20(30)11-5-2)24(32)27(35-21(31)12-6-3)25(33-19)16-13-8-7-9-14-16/h7-9,13-15,29H,4-6,10-12H2,1-3H3. The van der Waals surface area contributed by atoms with Crippen molar-refractivity contribution in [3.8, 4) is 28.6 Å². The number of phenolic OH excluding ortho intramolecular Hbond substituents is 1. The average molecular weight is 481 g/mol. The predicted molar refractivity (Wildman–Crippen MR) is 130 cm³/mol. The van der Waals surface area contributed by atoms with Gasteiger partial charge in [0.25, 0.3) is 0 Å². The quantitative estimate of drug-likeness (QED) is 0.227. The van der Waals surface area contributed by atoms with Crippen LogP contribution < -0.4 is 14.9 Å². The number of carbonyl (C=O) groups excluding carboxylic acids is 3. The molecule has 0 unspecified atom stereocenters. The van der Waals surface area contributed by atoms with Crippen LogP contribution in [0.3, 0.4) is 0 Å². The molecule has 0 radical (unpaired) electrons. The third-order valence-electron chi connectivity index (χ3n) is 5.21. The van der Waals surface area contributed by atoms with Gasteiger partial charge in [-0.2, -0.15) is 0 Å². The lowest BCUT2D eigenvalue weighted by atomic mass is 10.0. The van der Waals surface area contributed by atoms with Gasteiger partial charge >= 0.3 is 11.9 Å². The number of ketones is 1. The molecule has 1 heterocycles. The Morgan fingerprint density at radius 2 is 1.43 bits per heavy atom. The van der Waals surface area contributed by atoms with Gasteiger partial charge in [0.1, 0.15) is 22.3 Å². The van der Waals surface area contributed by atoms with Crippen LogP contribution in [0.2, 0.25) is 0 Å². The van der Waals surface area contributed by atoms with Crippen molar-refractivity contribution in [3.05, 3.63) is 52.2 Å². The summed E-state index contributed by atoms with van der Waals surface area (Å²) in [5, 5.41) is 10.4. The highest BCUT2D eigenvalue weighted by molar-refractivity contribution is 6.08. The molecule has 1 N–H and O–H groups in total. The first kappa shape index (κ1) is 25.7. The summed E-state index contributed by atoms with van der Waals surface area (Å²) in [5.74, 6) is -3.09. The van der Waals surface area contributed by atoms with E-state index in [4.69, 9.17) is 13.9 Å². The number of aromatic hydroxyl groups is 1. The maximum Gasteiger partial charge on any atom is 0.311 e. The van der Waals surface area contributed by atoms with Crippen LogP contribution in [0.4, 0.5) is 0 Å². The summed E-state index contributed by atoms with van der Waals surface area (Å²) in [6, 6.07) is 9.69. The van der Waals surface area contributed by atoms with E-state index in [-0.39, 0.29) is 47.3 Å². The fraction of sp³-hybridized carbons (Fsp3) is 0.333. The molecular weight excluding hydrogens is 452 g/mol. The molecule has 0 spiro atoms. The Balaban J connectivity index is 2.40. The molecule has 0 fully saturated rings. The molecule has 1 aromatic heterocycles. The lowest BCUT2D eigenvalue weighted by molar-refractivity contribution is -0.135. The van der Waals surface area contributed by atoms with Crippen molar-refractivity contribution in [2.75, 3.05) is 0 Å². The lowest BCUT2D eigenvalue weighted by Gasteiger charge is -2.16. The molecule has 0 amide bonds. The van der Waals surface area contributed by atoms with E-state index in [0.717, 1.165) is 6.07 Å². The molecule has 0 bridgehead atoms. The Hall–Kier alpha value is -3.94. The Bertz CT molecular complexity index is 1300. The van der Waals surface area contributed by atoms with Gasteiger partial charge in [-0.1, -0.05) is 51.1 Å². The maximum absolute atomic E-state index is 13.7. The van der Waals surface area contributed by atoms with E-state index < -0.39 is 34.6 Å². The van der Waals surface area contributed by atoms with Crippen molar-refractivity contribution in [2.24, 2.45) is 0 Å². The van der Waals surface area contributed by atoms with E-state index in [2.05, 4.69) is 0 Å². The van der Waals surface area contributed by atoms with Gasteiger partial charge in [-0.25, -0.2) is 0 Å². The van der Waals surface area contributed by atoms with Gasteiger partial charge in [-0.15, -0.1) is 0 Å². The normalized spacial score (nSPS) is 10.8. The molecule has 8 nitrogen and oxygen atoms in total. The van der Waals surface area contributed by atoms with Crippen molar-refractivity contribution in [3.63, 3.8) is 0 Å². The van der Waals surface area contributed by atoms with Crippen molar-refractivity contribution >= 4 is 28.7 Å². The van der Waals surface area contributed by atoms with E-state index in [1.165, 1.54) is 0 Å². The highest BCUT2D eigenvalue weighted by Crippen LogP contribution is 2.40. The summed E-state index contributed by atoms with van der Waals surface area (Å²) in [6.45, 7) is 5.35. The molecule has 8 heteroatoms. The van der Waals surface area contributed by atoms with Crippen LogP contribution in [0.25, 0.3) is 22.3 Å². The summed E-state index contributed by atoms with van der Waals surface area (Å²) in [7, 11) is 0. The van der Waals surface area contributed by atoms with Gasteiger partial charge in [0.05, 0.1) is 0 Å². The number of benzene rings is 2. The number of hydrogen-bond acceptors (Lipinski definition) is 8. The van der Waals surface area contributed by atoms with Crippen LogP contribution in [0, 0.1) is 0 Å². The Morgan fingerprint density at radius 3 is 2.00 bits per heavy atom. The zero-order valence-electron chi connectivity index (χ0n) is 20.0. The van der Waals surface area contributed by atoms with E-state index in [9.17, 15) is 24.3 Å². The van der Waals surface area contributed by atoms with Crippen molar-refractivity contribution in [1.82, 2.24) is 0 Å². The smallest absolute Gasteiger partial charge is 0.311 e. The minimum absolute atomic E-state index is 0.0228. The zero-order valence-corrected chi connectivity index (χ0v) is 20.0. The molecule has 0 saturated carbocycles. The summed E-state index contributed by atoms with van der Waals surface area (Å²) < 4.78 is 16.8. The third kappa shape index (κ3) is 5.59. The molecule has 0 aliphatic carbocycles. The van der Waals surface area contributed by atoms with E-state index in [1.807, 2.05) is 0 Å². The molecule has 0 aliphatic rings. The fourth-order valence-electron chi connectivity index (χ4n) is 3.62. The van der Waals surface area contributed by atoms with Gasteiger partial charge in [0.2, 0.25) is 11.2 Å². The largest absolute Gasteiger partial charge is 0.507 e. The summed E-state index contributed by atoms with van der Waals surface area (Å²) >= 11 is 0. The Kier molecular flexibility index (Phi) is 8.41. The number of rotatable bonds is 10. The molecule has 184 valence electrons. The SMILES string of the molecule is CCCC(=O)Oc1c(-c2ccccc2)oc2cc(O)c(C(=O)CCC)c(OC(=O)CCC)c2c1=O. The Labute approximate surface area is 202 Å². The summed E-state index contributed by atoms with van der Waals surface area (Å²) in [5.41, 5.74) is -0.733. The van der Waals surface area contributed by atoms with Crippen molar-refractivity contribution in [1.29, 1.82) is 0 Å². The van der Waals surface area contributed by atoms with Gasteiger partial charge in [-0.3, -0.25) is 19.2 Å². The van der Waals surface area contributed by atoms with Crippen LogP contribution in [0.5, 0.6) is 17.2 Å². The summed E-state index contributed by atoms with van der Waals surface area (Å²) in [4.78, 5) is 51.4. The van der Waals surface area contributed by atoms with E-state index >= 15 is 0 Å². The second-order valence-electron chi connectivity index (χ2n) is 8.05. The van der Waals surface area contributed by atoms with Crippen LogP contribution in [-0.4, -0.2) is 22.8 Å². The molecule has 3 aromatic rings. The van der Waals surface area contributed by atoms with Crippen molar-refractivity contribution < 1.29 is 33.4 Å². The van der Waals surface area contributed by atoms with Crippen LogP contribution >= 0.6 is 0 Å². The highest BCUT2D eigenvalue weighted by Gasteiger charge is 2.29. The first-order valence-corrected chi connectivity index (χ1v) is 11.7. The fourth-order valence-corrected chi connectivity index (χ4v) is 3.62. The lowest BCUT2D eigenvalue weighted by Crippen LogP contribution is -2.18. The minimum Gasteiger partial charge on any atom is -0.507 e. The van der Waals surface area contributed by atoms with E-state index in [0.29, 0.717) is 24.8 Å². The maximum atomic E-state index is 13.7. The second kappa shape index (κ2) is 11.5. The molecule has 3 rings (SSSR count). The topological polar surface area (TPSA) is 120 Å². The van der Waals surface area contributed by atoms with Crippen LogP contribution in [0.15, 0.2) is 45.6 Å². The number of ether oxygens (including phenoxy) is 2. The van der Waals surface area contributed by atoms with E-state index in [1.54, 1.807) is 51.1 Å². The monoisotopic (exact) mass is 480 g/mol. The van der Waals surface area contributed by atoms with Crippen molar-refractivity contribution in [2.45, 2.75) is 59.3 Å². The zero-order chi connectivity index (χ0) is 25.5. The molecular formula is C27H28O8. The van der Waals surface area contributed by atoms with Gasteiger partial charge < -0.3 is 19.0 Å². The van der Waals surface area contributed by atoms with Gasteiger partial charge in [0, 0.05) is 30.9 Å². The van der Waals surface area contributed by atoms with Crippen LogP contribution in [0.1, 0.15) is 69.7 Å². The molecule has 0 aliphatic heterocycles. The molecule has 0 atom stereocenters. The predicted octanol–water partition coefficient (Wildman–Crippen LogP) is 5.56. The highest BCUT2D eigenvalue weighted by atomic mass is 16.5. The van der Waals surface area contributed by atoms with Gasteiger partial charge in [-0.05, 0) is 19.3 Å². The number of phenols is 1. The first-order chi connectivity index (χ1) is 16.8. The number of esters is 2. The van der Waals surface area contributed by atoms with Gasteiger partial charge in [0.15, 0.2) is 17.3 Å². The molecule has 2 aromatic carbocycles. The second-order valence-corrected chi connectivity index (χ2v) is 8.05. The molecule has 0 saturated heterocycles. The average Bonchev–Trinajstić information content (AvgIpc) is 2.81.